The molecule has 0 amide bonds. The van der Waals surface area contributed by atoms with Crippen molar-refractivity contribution in [1.29, 1.82) is 0 Å². The average Bonchev–Trinajstić information content (AvgIpc) is 2.88. The Balaban J connectivity index is 2.04. The summed E-state index contributed by atoms with van der Waals surface area (Å²) in [5.74, 6) is 1.51. The van der Waals surface area contributed by atoms with Gasteiger partial charge in [0, 0.05) is 12.1 Å². The van der Waals surface area contributed by atoms with Crippen LogP contribution in [0.15, 0.2) is 18.6 Å². The van der Waals surface area contributed by atoms with Crippen molar-refractivity contribution in [1.82, 2.24) is 9.97 Å². The van der Waals surface area contributed by atoms with Gasteiger partial charge in [0.1, 0.15) is 12.1 Å². The number of anilines is 1. The van der Waals surface area contributed by atoms with E-state index in [2.05, 4.69) is 15.3 Å². The lowest BCUT2D eigenvalue weighted by Crippen LogP contribution is -2.23. The molecule has 0 bridgehead atoms. The van der Waals surface area contributed by atoms with Crippen molar-refractivity contribution in [2.45, 2.75) is 18.4 Å². The standard InChI is InChI=1S/C8H10ClN3/c9-5-8(2-3-8)12-7-1-4-10-6-11-7/h1,4,6H,2-3,5H2,(H,10,11,12). The lowest BCUT2D eigenvalue weighted by Gasteiger charge is -2.13. The molecule has 1 saturated carbocycles. The second-order valence-corrected chi connectivity index (χ2v) is 3.40. The topological polar surface area (TPSA) is 37.8 Å². The fourth-order valence-electron chi connectivity index (χ4n) is 1.08. The molecular formula is C8H10ClN3. The maximum Gasteiger partial charge on any atom is 0.129 e. The maximum atomic E-state index is 5.80. The molecule has 0 atom stereocenters. The number of aromatic nitrogens is 2. The van der Waals surface area contributed by atoms with E-state index in [-0.39, 0.29) is 5.54 Å². The highest BCUT2D eigenvalue weighted by atomic mass is 35.5. The molecule has 4 heteroatoms. The summed E-state index contributed by atoms with van der Waals surface area (Å²) in [6.07, 6.45) is 5.54. The third-order valence-corrected chi connectivity index (χ3v) is 2.60. The summed E-state index contributed by atoms with van der Waals surface area (Å²) in [5, 5.41) is 3.30. The van der Waals surface area contributed by atoms with E-state index in [1.54, 1.807) is 6.20 Å². The summed E-state index contributed by atoms with van der Waals surface area (Å²) in [6.45, 7) is 0. The summed E-state index contributed by atoms with van der Waals surface area (Å²) in [5.41, 5.74) is 0.121. The second-order valence-electron chi connectivity index (χ2n) is 3.13. The van der Waals surface area contributed by atoms with Crippen LogP contribution in [0.25, 0.3) is 0 Å². The van der Waals surface area contributed by atoms with Gasteiger partial charge in [-0.3, -0.25) is 0 Å². The van der Waals surface area contributed by atoms with Crippen molar-refractivity contribution >= 4 is 17.4 Å². The van der Waals surface area contributed by atoms with Gasteiger partial charge in [-0.1, -0.05) is 0 Å². The zero-order valence-corrected chi connectivity index (χ0v) is 7.38. The number of hydrogen-bond donors (Lipinski definition) is 1. The minimum atomic E-state index is 0.121. The molecular weight excluding hydrogens is 174 g/mol. The van der Waals surface area contributed by atoms with Gasteiger partial charge in [-0.05, 0) is 18.9 Å². The smallest absolute Gasteiger partial charge is 0.129 e. The van der Waals surface area contributed by atoms with Gasteiger partial charge >= 0.3 is 0 Å². The molecule has 1 N–H and O–H groups in total. The van der Waals surface area contributed by atoms with Crippen LogP contribution in [0.1, 0.15) is 12.8 Å². The predicted octanol–water partition coefficient (Wildman–Crippen LogP) is 1.66. The van der Waals surface area contributed by atoms with E-state index in [1.807, 2.05) is 6.07 Å². The molecule has 0 aromatic carbocycles. The number of halogens is 1. The molecule has 3 nitrogen and oxygen atoms in total. The summed E-state index contributed by atoms with van der Waals surface area (Å²) in [6, 6.07) is 1.85. The van der Waals surface area contributed by atoms with Gasteiger partial charge in [-0.15, -0.1) is 11.6 Å². The summed E-state index contributed by atoms with van der Waals surface area (Å²) >= 11 is 5.80. The molecule has 0 aliphatic heterocycles. The molecule has 1 aliphatic carbocycles. The first-order chi connectivity index (χ1) is 5.85. The van der Waals surface area contributed by atoms with Gasteiger partial charge in [-0.2, -0.15) is 0 Å². The first kappa shape index (κ1) is 7.80. The first-order valence-electron chi connectivity index (χ1n) is 3.95. The van der Waals surface area contributed by atoms with Gasteiger partial charge < -0.3 is 5.32 Å². The normalized spacial score (nSPS) is 18.8. The van der Waals surface area contributed by atoms with Crippen LogP contribution in [-0.4, -0.2) is 21.4 Å². The fraction of sp³-hybridized carbons (Fsp3) is 0.500. The molecule has 1 aliphatic rings. The largest absolute Gasteiger partial charge is 0.363 e. The number of nitrogens with one attached hydrogen (secondary N) is 1. The Bertz CT molecular complexity index is 258. The molecule has 0 radical (unpaired) electrons. The van der Waals surface area contributed by atoms with Gasteiger partial charge in [0.2, 0.25) is 0 Å². The van der Waals surface area contributed by atoms with Gasteiger partial charge in [0.15, 0.2) is 0 Å². The molecule has 1 heterocycles. The molecule has 0 unspecified atom stereocenters. The van der Waals surface area contributed by atoms with Crippen molar-refractivity contribution < 1.29 is 0 Å². The summed E-state index contributed by atoms with van der Waals surface area (Å²) < 4.78 is 0. The Hall–Kier alpha value is -0.830. The predicted molar refractivity (Wildman–Crippen MR) is 48.3 cm³/mol. The SMILES string of the molecule is ClCC1(Nc2ccncn2)CC1. The van der Waals surface area contributed by atoms with E-state index in [9.17, 15) is 0 Å². The van der Waals surface area contributed by atoms with E-state index >= 15 is 0 Å². The molecule has 0 spiro atoms. The summed E-state index contributed by atoms with van der Waals surface area (Å²) in [4.78, 5) is 7.91. The molecule has 1 aromatic heterocycles. The van der Waals surface area contributed by atoms with E-state index in [4.69, 9.17) is 11.6 Å². The zero-order valence-electron chi connectivity index (χ0n) is 6.63. The van der Waals surface area contributed by atoms with E-state index in [1.165, 1.54) is 6.33 Å². The summed E-state index contributed by atoms with van der Waals surface area (Å²) in [7, 11) is 0. The fourth-order valence-corrected chi connectivity index (χ4v) is 1.41. The molecule has 64 valence electrons. The number of hydrogen-bond acceptors (Lipinski definition) is 3. The Kier molecular flexibility index (Phi) is 1.89. The van der Waals surface area contributed by atoms with Crippen molar-refractivity contribution in [3.05, 3.63) is 18.6 Å². The number of rotatable bonds is 3. The van der Waals surface area contributed by atoms with Crippen molar-refractivity contribution in [3.8, 4) is 0 Å². The zero-order chi connectivity index (χ0) is 8.44. The Morgan fingerprint density at radius 1 is 1.58 bits per heavy atom. The highest BCUT2D eigenvalue weighted by molar-refractivity contribution is 6.19. The number of alkyl halides is 1. The number of nitrogens with zero attached hydrogens (tertiary/aromatic N) is 2. The highest BCUT2D eigenvalue weighted by Crippen LogP contribution is 2.39. The molecule has 2 rings (SSSR count). The van der Waals surface area contributed by atoms with Crippen LogP contribution in [-0.2, 0) is 0 Å². The van der Waals surface area contributed by atoms with Crippen molar-refractivity contribution in [3.63, 3.8) is 0 Å². The van der Waals surface area contributed by atoms with Crippen LogP contribution in [0.2, 0.25) is 0 Å². The van der Waals surface area contributed by atoms with E-state index in [0.717, 1.165) is 18.7 Å². The van der Waals surface area contributed by atoms with Gasteiger partial charge in [-0.25, -0.2) is 9.97 Å². The quantitative estimate of drug-likeness (QED) is 0.725. The van der Waals surface area contributed by atoms with Crippen LogP contribution >= 0.6 is 11.6 Å². The van der Waals surface area contributed by atoms with Crippen LogP contribution in [0.4, 0.5) is 5.82 Å². The Morgan fingerprint density at radius 2 is 2.42 bits per heavy atom. The van der Waals surface area contributed by atoms with Gasteiger partial charge in [0.05, 0.1) is 5.54 Å². The Labute approximate surface area is 76.2 Å². The van der Waals surface area contributed by atoms with E-state index in [0.29, 0.717) is 5.88 Å². The van der Waals surface area contributed by atoms with Crippen LogP contribution in [0, 0.1) is 0 Å². The molecule has 12 heavy (non-hydrogen) atoms. The molecule has 0 saturated heterocycles. The lowest BCUT2D eigenvalue weighted by molar-refractivity contribution is 0.827. The van der Waals surface area contributed by atoms with Crippen LogP contribution in [0.5, 0.6) is 0 Å². The first-order valence-corrected chi connectivity index (χ1v) is 4.48. The highest BCUT2D eigenvalue weighted by Gasteiger charge is 2.41. The van der Waals surface area contributed by atoms with Crippen molar-refractivity contribution in [2.24, 2.45) is 0 Å². The average molecular weight is 184 g/mol. The van der Waals surface area contributed by atoms with E-state index < -0.39 is 0 Å². The van der Waals surface area contributed by atoms with Crippen LogP contribution in [0.3, 0.4) is 0 Å². The molecule has 1 fully saturated rings. The third kappa shape index (κ3) is 1.50. The van der Waals surface area contributed by atoms with Gasteiger partial charge in [0.25, 0.3) is 0 Å². The van der Waals surface area contributed by atoms with Crippen LogP contribution < -0.4 is 5.32 Å². The lowest BCUT2D eigenvalue weighted by atomic mass is 10.3. The third-order valence-electron chi connectivity index (χ3n) is 2.08. The monoisotopic (exact) mass is 183 g/mol. The maximum absolute atomic E-state index is 5.80. The second kappa shape index (κ2) is 2.90. The molecule has 1 aromatic rings. The minimum absolute atomic E-state index is 0.121. The Morgan fingerprint density at radius 3 is 2.92 bits per heavy atom. The minimum Gasteiger partial charge on any atom is -0.363 e. The van der Waals surface area contributed by atoms with Crippen molar-refractivity contribution in [2.75, 3.05) is 11.2 Å².